The number of piperidine rings is 1. The third-order valence-corrected chi connectivity index (χ3v) is 3.78. The zero-order chi connectivity index (χ0) is 11.2. The standard InChI is InChI=1S/C14H24N2/c1-2-3-4-11-16(14-5-6-14)12-13-7-9-15-10-8-13/h1,13-15H,3-12H2. The van der Waals surface area contributed by atoms with Crippen molar-refractivity contribution < 1.29 is 0 Å². The van der Waals surface area contributed by atoms with Crippen LogP contribution in [0, 0.1) is 18.3 Å². The normalized spacial score (nSPS) is 22.2. The Bertz CT molecular complexity index is 234. The monoisotopic (exact) mass is 220 g/mol. The van der Waals surface area contributed by atoms with Crippen molar-refractivity contribution >= 4 is 0 Å². The summed E-state index contributed by atoms with van der Waals surface area (Å²) < 4.78 is 0. The molecule has 16 heavy (non-hydrogen) atoms. The lowest BCUT2D eigenvalue weighted by Crippen LogP contribution is -2.37. The molecule has 1 N–H and O–H groups in total. The molecule has 90 valence electrons. The minimum atomic E-state index is 0.896. The highest BCUT2D eigenvalue weighted by Crippen LogP contribution is 2.29. The zero-order valence-corrected chi connectivity index (χ0v) is 10.3. The van der Waals surface area contributed by atoms with E-state index >= 15 is 0 Å². The molecule has 1 heterocycles. The van der Waals surface area contributed by atoms with Crippen molar-refractivity contribution in [3.63, 3.8) is 0 Å². The van der Waals surface area contributed by atoms with Crippen LogP contribution in [0.3, 0.4) is 0 Å². The summed E-state index contributed by atoms with van der Waals surface area (Å²) in [4.78, 5) is 2.70. The molecule has 0 unspecified atom stereocenters. The van der Waals surface area contributed by atoms with Gasteiger partial charge in [-0.15, -0.1) is 12.3 Å². The van der Waals surface area contributed by atoms with E-state index in [-0.39, 0.29) is 0 Å². The summed E-state index contributed by atoms with van der Waals surface area (Å²) in [6.45, 7) is 4.97. The molecule has 1 saturated heterocycles. The Hall–Kier alpha value is -0.520. The van der Waals surface area contributed by atoms with Gasteiger partial charge in [0.05, 0.1) is 0 Å². The first kappa shape index (κ1) is 12.0. The van der Waals surface area contributed by atoms with E-state index in [1.165, 1.54) is 58.3 Å². The van der Waals surface area contributed by atoms with E-state index in [0.29, 0.717) is 0 Å². The van der Waals surface area contributed by atoms with Crippen molar-refractivity contribution in [3.8, 4) is 12.3 Å². The molecular formula is C14H24N2. The smallest absolute Gasteiger partial charge is 0.00982 e. The van der Waals surface area contributed by atoms with Gasteiger partial charge in [0.2, 0.25) is 0 Å². The van der Waals surface area contributed by atoms with E-state index < -0.39 is 0 Å². The highest BCUT2D eigenvalue weighted by molar-refractivity contribution is 4.88. The topological polar surface area (TPSA) is 15.3 Å². The van der Waals surface area contributed by atoms with Crippen LogP contribution in [0.2, 0.25) is 0 Å². The first-order chi connectivity index (χ1) is 7.90. The predicted octanol–water partition coefficient (Wildman–Crippen LogP) is 1.86. The van der Waals surface area contributed by atoms with Crippen molar-refractivity contribution in [1.82, 2.24) is 10.2 Å². The minimum absolute atomic E-state index is 0.896. The van der Waals surface area contributed by atoms with E-state index in [4.69, 9.17) is 6.42 Å². The van der Waals surface area contributed by atoms with Crippen LogP contribution >= 0.6 is 0 Å². The molecule has 0 aromatic carbocycles. The maximum atomic E-state index is 5.31. The van der Waals surface area contributed by atoms with Gasteiger partial charge in [-0.05, 0) is 57.7 Å². The van der Waals surface area contributed by atoms with Gasteiger partial charge in [-0.3, -0.25) is 0 Å². The van der Waals surface area contributed by atoms with Gasteiger partial charge in [0.15, 0.2) is 0 Å². The van der Waals surface area contributed by atoms with Crippen LogP contribution in [0.5, 0.6) is 0 Å². The van der Waals surface area contributed by atoms with E-state index in [1.54, 1.807) is 0 Å². The summed E-state index contributed by atoms with van der Waals surface area (Å²) in [6, 6.07) is 0.896. The van der Waals surface area contributed by atoms with Crippen LogP contribution in [0.25, 0.3) is 0 Å². The molecule has 2 aliphatic rings. The molecule has 0 aromatic heterocycles. The van der Waals surface area contributed by atoms with Gasteiger partial charge in [-0.1, -0.05) is 0 Å². The number of terminal acetylenes is 1. The molecule has 2 rings (SSSR count). The van der Waals surface area contributed by atoms with Crippen LogP contribution in [0.15, 0.2) is 0 Å². The third-order valence-electron chi connectivity index (χ3n) is 3.78. The molecule has 0 amide bonds. The number of unbranched alkanes of at least 4 members (excludes halogenated alkanes) is 1. The molecule has 1 aliphatic heterocycles. The molecule has 1 aliphatic carbocycles. The van der Waals surface area contributed by atoms with Crippen LogP contribution in [0.4, 0.5) is 0 Å². The highest BCUT2D eigenvalue weighted by Gasteiger charge is 2.30. The van der Waals surface area contributed by atoms with Crippen molar-refractivity contribution in [1.29, 1.82) is 0 Å². The molecule has 0 radical (unpaired) electrons. The van der Waals surface area contributed by atoms with Crippen molar-refractivity contribution in [2.45, 2.75) is 44.6 Å². The van der Waals surface area contributed by atoms with Gasteiger partial charge in [-0.2, -0.15) is 0 Å². The lowest BCUT2D eigenvalue weighted by molar-refractivity contribution is 0.196. The Balaban J connectivity index is 1.71. The summed E-state index contributed by atoms with van der Waals surface area (Å²) in [6.07, 6.45) is 13.0. The second-order valence-corrected chi connectivity index (χ2v) is 5.23. The number of nitrogens with one attached hydrogen (secondary N) is 1. The summed E-state index contributed by atoms with van der Waals surface area (Å²) in [5.41, 5.74) is 0. The summed E-state index contributed by atoms with van der Waals surface area (Å²) in [5.74, 6) is 3.67. The third kappa shape index (κ3) is 3.81. The van der Waals surface area contributed by atoms with Gasteiger partial charge >= 0.3 is 0 Å². The van der Waals surface area contributed by atoms with Gasteiger partial charge < -0.3 is 10.2 Å². The quantitative estimate of drug-likeness (QED) is 0.543. The Kier molecular flexibility index (Phi) is 4.69. The zero-order valence-electron chi connectivity index (χ0n) is 10.3. The van der Waals surface area contributed by atoms with Crippen LogP contribution in [-0.2, 0) is 0 Å². The molecule has 2 fully saturated rings. The lowest BCUT2D eigenvalue weighted by Gasteiger charge is -2.30. The molecule has 0 spiro atoms. The first-order valence-corrected chi connectivity index (χ1v) is 6.78. The van der Waals surface area contributed by atoms with Crippen molar-refractivity contribution in [2.24, 2.45) is 5.92 Å². The second-order valence-electron chi connectivity index (χ2n) is 5.23. The fraction of sp³-hybridized carbons (Fsp3) is 0.857. The highest BCUT2D eigenvalue weighted by atomic mass is 15.2. The number of hydrogen-bond acceptors (Lipinski definition) is 2. The number of rotatable bonds is 6. The Morgan fingerprint density at radius 3 is 2.56 bits per heavy atom. The summed E-state index contributed by atoms with van der Waals surface area (Å²) in [7, 11) is 0. The molecule has 2 heteroatoms. The predicted molar refractivity (Wildman–Crippen MR) is 68.3 cm³/mol. The molecule has 1 saturated carbocycles. The van der Waals surface area contributed by atoms with Crippen molar-refractivity contribution in [2.75, 3.05) is 26.2 Å². The molecule has 0 aromatic rings. The Morgan fingerprint density at radius 1 is 1.19 bits per heavy atom. The van der Waals surface area contributed by atoms with Gasteiger partial charge in [-0.25, -0.2) is 0 Å². The molecule has 2 nitrogen and oxygen atoms in total. The maximum absolute atomic E-state index is 5.31. The van der Waals surface area contributed by atoms with Crippen LogP contribution in [0.1, 0.15) is 38.5 Å². The number of nitrogens with zero attached hydrogens (tertiary/aromatic N) is 1. The lowest BCUT2D eigenvalue weighted by atomic mass is 9.97. The van der Waals surface area contributed by atoms with Crippen LogP contribution < -0.4 is 5.32 Å². The molecule has 0 bridgehead atoms. The second kappa shape index (κ2) is 6.27. The van der Waals surface area contributed by atoms with Gasteiger partial charge in [0.25, 0.3) is 0 Å². The first-order valence-electron chi connectivity index (χ1n) is 6.78. The minimum Gasteiger partial charge on any atom is -0.317 e. The van der Waals surface area contributed by atoms with E-state index in [2.05, 4.69) is 16.1 Å². The Morgan fingerprint density at radius 2 is 1.94 bits per heavy atom. The average Bonchev–Trinajstić information content (AvgIpc) is 3.13. The van der Waals surface area contributed by atoms with E-state index in [9.17, 15) is 0 Å². The fourth-order valence-electron chi connectivity index (χ4n) is 2.64. The maximum Gasteiger partial charge on any atom is 0.00982 e. The largest absolute Gasteiger partial charge is 0.317 e. The molecule has 0 atom stereocenters. The number of hydrogen-bond donors (Lipinski definition) is 1. The van der Waals surface area contributed by atoms with Gasteiger partial charge in [0.1, 0.15) is 0 Å². The van der Waals surface area contributed by atoms with Crippen molar-refractivity contribution in [3.05, 3.63) is 0 Å². The summed E-state index contributed by atoms with van der Waals surface area (Å²) >= 11 is 0. The van der Waals surface area contributed by atoms with E-state index in [0.717, 1.165) is 18.4 Å². The fourth-order valence-corrected chi connectivity index (χ4v) is 2.64. The Labute approximate surface area is 99.8 Å². The average molecular weight is 220 g/mol. The molecular weight excluding hydrogens is 196 g/mol. The van der Waals surface area contributed by atoms with Crippen LogP contribution in [-0.4, -0.2) is 37.1 Å². The summed E-state index contributed by atoms with van der Waals surface area (Å²) in [5, 5.41) is 3.44. The van der Waals surface area contributed by atoms with E-state index in [1.807, 2.05) is 0 Å². The SMILES string of the molecule is C#CCCCN(CC1CCNCC1)C1CC1. The van der Waals surface area contributed by atoms with Gasteiger partial charge in [0, 0.05) is 19.0 Å².